The molecule has 6 heteroatoms. The smallest absolute Gasteiger partial charge is 0.312 e. The maximum absolute atomic E-state index is 12.2. The minimum absolute atomic E-state index is 0.437. The van der Waals surface area contributed by atoms with Crippen LogP contribution < -0.4 is 4.90 Å². The Hall–Kier alpha value is -4.52. The third kappa shape index (κ3) is 5.00. The van der Waals surface area contributed by atoms with E-state index in [0.29, 0.717) is 11.3 Å². The van der Waals surface area contributed by atoms with Gasteiger partial charge >= 0.3 is 5.97 Å². The van der Waals surface area contributed by atoms with E-state index in [9.17, 15) is 4.79 Å². The Labute approximate surface area is 229 Å². The maximum atomic E-state index is 12.2. The van der Waals surface area contributed by atoms with Gasteiger partial charge in [-0.15, -0.1) is 22.7 Å². The van der Waals surface area contributed by atoms with Crippen molar-refractivity contribution >= 4 is 56.8 Å². The molecule has 2 aromatic heterocycles. The van der Waals surface area contributed by atoms with Gasteiger partial charge in [-0.1, -0.05) is 78.0 Å². The Bertz CT molecular complexity index is 1610. The van der Waals surface area contributed by atoms with Crippen LogP contribution in [0.1, 0.15) is 10.4 Å². The highest BCUT2D eigenvalue weighted by Crippen LogP contribution is 2.43. The number of para-hydroxylation sites is 2. The molecule has 3 heterocycles. The van der Waals surface area contributed by atoms with Crippen LogP contribution in [0.4, 0.5) is 16.4 Å². The van der Waals surface area contributed by atoms with Crippen molar-refractivity contribution in [2.75, 3.05) is 4.90 Å². The predicted octanol–water partition coefficient (Wildman–Crippen LogP) is 8.85. The van der Waals surface area contributed by atoms with Gasteiger partial charge in [-0.2, -0.15) is 0 Å². The van der Waals surface area contributed by atoms with Crippen molar-refractivity contribution in [3.05, 3.63) is 143 Å². The minimum Gasteiger partial charge on any atom is -0.312 e. The SMILES string of the molecule is O=C1ON=C(c2ccccc2)/C1=C/C=C/c1ccc(-c2ccc(N(c3ccccc3)c3ccccc3)s2)s1. The first kappa shape index (κ1) is 23.9. The van der Waals surface area contributed by atoms with E-state index in [2.05, 4.69) is 82.9 Å². The van der Waals surface area contributed by atoms with Crippen LogP contribution in [-0.4, -0.2) is 11.7 Å². The summed E-state index contributed by atoms with van der Waals surface area (Å²) in [4.78, 5) is 22.9. The second-order valence-electron chi connectivity index (χ2n) is 8.47. The number of carbonyl (C=O) groups is 1. The summed E-state index contributed by atoms with van der Waals surface area (Å²) in [5.74, 6) is -0.437. The predicted molar refractivity (Wildman–Crippen MR) is 159 cm³/mol. The average Bonchev–Trinajstić information content (AvgIpc) is 3.72. The molecule has 0 aliphatic carbocycles. The highest BCUT2D eigenvalue weighted by atomic mass is 32.1. The number of oxime groups is 1. The normalized spacial score (nSPS) is 14.2. The lowest BCUT2D eigenvalue weighted by Gasteiger charge is -2.23. The lowest BCUT2D eigenvalue weighted by Crippen LogP contribution is -2.07. The second-order valence-corrected chi connectivity index (χ2v) is 10.6. The van der Waals surface area contributed by atoms with Crippen LogP contribution >= 0.6 is 22.7 Å². The largest absolute Gasteiger partial charge is 0.368 e. The van der Waals surface area contributed by atoms with Crippen molar-refractivity contribution in [2.45, 2.75) is 0 Å². The van der Waals surface area contributed by atoms with E-state index in [4.69, 9.17) is 4.84 Å². The average molecular weight is 531 g/mol. The van der Waals surface area contributed by atoms with Gasteiger partial charge < -0.3 is 9.74 Å². The van der Waals surface area contributed by atoms with E-state index in [1.807, 2.05) is 54.6 Å². The fraction of sp³-hybridized carbons (Fsp3) is 0. The summed E-state index contributed by atoms with van der Waals surface area (Å²) in [6, 6.07) is 39.0. The zero-order valence-corrected chi connectivity index (χ0v) is 21.9. The van der Waals surface area contributed by atoms with Crippen LogP contribution in [0.2, 0.25) is 0 Å². The van der Waals surface area contributed by atoms with Gasteiger partial charge in [0.05, 0.1) is 5.57 Å². The standard InChI is InChI=1S/C32H22N2O2S2/c35-32-27(31(33-36-32)23-11-4-1-5-12-23)18-10-17-26-19-20-28(37-26)29-21-22-30(38-29)34(24-13-6-2-7-14-24)25-15-8-3-9-16-25/h1-22H/b17-10+,27-18-. The number of rotatable bonds is 7. The molecule has 6 rings (SSSR count). The molecule has 0 spiro atoms. The molecule has 0 atom stereocenters. The molecule has 0 radical (unpaired) electrons. The summed E-state index contributed by atoms with van der Waals surface area (Å²) >= 11 is 3.48. The van der Waals surface area contributed by atoms with Gasteiger partial charge in [-0.05, 0) is 60.7 Å². The lowest BCUT2D eigenvalue weighted by atomic mass is 10.0. The maximum Gasteiger partial charge on any atom is 0.368 e. The van der Waals surface area contributed by atoms with Crippen LogP contribution in [0, 0.1) is 0 Å². The van der Waals surface area contributed by atoms with Crippen molar-refractivity contribution < 1.29 is 9.63 Å². The third-order valence-corrected chi connectivity index (χ3v) is 8.29. The first-order chi connectivity index (χ1) is 18.8. The van der Waals surface area contributed by atoms with E-state index >= 15 is 0 Å². The van der Waals surface area contributed by atoms with E-state index in [1.165, 1.54) is 9.75 Å². The number of benzene rings is 3. The summed E-state index contributed by atoms with van der Waals surface area (Å²) < 4.78 is 0. The Kier molecular flexibility index (Phi) is 6.81. The number of thiophene rings is 2. The van der Waals surface area contributed by atoms with Gasteiger partial charge in [0.1, 0.15) is 10.7 Å². The summed E-state index contributed by atoms with van der Waals surface area (Å²) in [6.45, 7) is 0. The Morgan fingerprint density at radius 3 is 1.97 bits per heavy atom. The van der Waals surface area contributed by atoms with E-state index < -0.39 is 5.97 Å². The monoisotopic (exact) mass is 530 g/mol. The van der Waals surface area contributed by atoms with Crippen LogP contribution in [0.15, 0.2) is 138 Å². The summed E-state index contributed by atoms with van der Waals surface area (Å²) in [5.41, 5.74) is 4.11. The lowest BCUT2D eigenvalue weighted by molar-refractivity contribution is -0.136. The van der Waals surface area contributed by atoms with E-state index in [-0.39, 0.29) is 0 Å². The zero-order chi connectivity index (χ0) is 25.7. The molecule has 184 valence electrons. The van der Waals surface area contributed by atoms with Crippen LogP contribution in [0.5, 0.6) is 0 Å². The molecule has 1 aliphatic heterocycles. The van der Waals surface area contributed by atoms with Gasteiger partial charge in [-0.25, -0.2) is 4.79 Å². The molecule has 0 fully saturated rings. The van der Waals surface area contributed by atoms with Gasteiger partial charge in [0.2, 0.25) is 0 Å². The quantitative estimate of drug-likeness (QED) is 0.156. The molecule has 1 aliphatic rings. The highest BCUT2D eigenvalue weighted by molar-refractivity contribution is 7.24. The minimum atomic E-state index is -0.437. The van der Waals surface area contributed by atoms with Crippen LogP contribution in [0.3, 0.4) is 0 Å². The van der Waals surface area contributed by atoms with Crippen molar-refractivity contribution in [1.82, 2.24) is 0 Å². The number of allylic oxidation sites excluding steroid dienone is 2. The second kappa shape index (κ2) is 10.8. The molecule has 0 saturated carbocycles. The Balaban J connectivity index is 1.23. The molecule has 3 aromatic carbocycles. The molecule has 0 amide bonds. The molecular weight excluding hydrogens is 508 g/mol. The van der Waals surface area contributed by atoms with Crippen LogP contribution in [0.25, 0.3) is 15.8 Å². The number of nitrogens with zero attached hydrogens (tertiary/aromatic N) is 2. The fourth-order valence-electron chi connectivity index (χ4n) is 4.19. The van der Waals surface area contributed by atoms with Gasteiger partial charge in [0.25, 0.3) is 0 Å². The van der Waals surface area contributed by atoms with E-state index in [0.717, 1.165) is 26.8 Å². The molecule has 4 nitrogen and oxygen atoms in total. The summed E-state index contributed by atoms with van der Waals surface area (Å²) in [5, 5.41) is 5.12. The van der Waals surface area contributed by atoms with Crippen molar-refractivity contribution in [3.8, 4) is 9.75 Å². The van der Waals surface area contributed by atoms with Crippen LogP contribution in [-0.2, 0) is 9.63 Å². The zero-order valence-electron chi connectivity index (χ0n) is 20.2. The molecule has 0 unspecified atom stereocenters. The van der Waals surface area contributed by atoms with E-state index in [1.54, 1.807) is 28.7 Å². The first-order valence-electron chi connectivity index (χ1n) is 12.1. The summed E-state index contributed by atoms with van der Waals surface area (Å²) in [7, 11) is 0. The molecule has 38 heavy (non-hydrogen) atoms. The molecular formula is C32H22N2O2S2. The van der Waals surface area contributed by atoms with Gasteiger partial charge in [-0.3, -0.25) is 0 Å². The Morgan fingerprint density at radius 1 is 0.684 bits per heavy atom. The van der Waals surface area contributed by atoms with Gasteiger partial charge in [0, 0.05) is 31.6 Å². The fourth-order valence-corrected chi connectivity index (χ4v) is 6.24. The molecule has 5 aromatic rings. The first-order valence-corrected chi connectivity index (χ1v) is 13.7. The molecule has 0 N–H and O–H groups in total. The van der Waals surface area contributed by atoms with Gasteiger partial charge in [0.15, 0.2) is 0 Å². The Morgan fingerprint density at radius 2 is 1.29 bits per heavy atom. The summed E-state index contributed by atoms with van der Waals surface area (Å²) in [6.07, 6.45) is 5.65. The topological polar surface area (TPSA) is 41.9 Å². The highest BCUT2D eigenvalue weighted by Gasteiger charge is 2.25. The molecule has 0 bridgehead atoms. The van der Waals surface area contributed by atoms with Crippen molar-refractivity contribution in [2.24, 2.45) is 5.16 Å². The molecule has 0 saturated heterocycles. The number of anilines is 3. The number of hydrogen-bond acceptors (Lipinski definition) is 6. The van der Waals surface area contributed by atoms with Crippen molar-refractivity contribution in [1.29, 1.82) is 0 Å². The van der Waals surface area contributed by atoms with Crippen molar-refractivity contribution in [3.63, 3.8) is 0 Å². The third-order valence-electron chi connectivity index (χ3n) is 5.98. The number of carbonyl (C=O) groups excluding carboxylic acids is 1. The number of hydrogen-bond donors (Lipinski definition) is 0.